The van der Waals surface area contributed by atoms with Crippen molar-refractivity contribution in [2.75, 3.05) is 19.3 Å². The Morgan fingerprint density at radius 1 is 1.44 bits per heavy atom. The molecule has 0 saturated carbocycles. The van der Waals surface area contributed by atoms with Gasteiger partial charge in [0.1, 0.15) is 0 Å². The van der Waals surface area contributed by atoms with E-state index in [1.54, 1.807) is 0 Å². The van der Waals surface area contributed by atoms with E-state index >= 15 is 0 Å². The number of carbonyl (C=O) groups excluding carboxylic acids is 1. The molecule has 6 nitrogen and oxygen atoms in total. The average Bonchev–Trinajstić information content (AvgIpc) is 2.25. The number of amides is 1. The molecule has 16 heavy (non-hydrogen) atoms. The second-order valence-corrected chi connectivity index (χ2v) is 5.61. The molecule has 0 bridgehead atoms. The SMILES string of the molecule is CCCC[C@H](N)C(=O)NCCS(=O)(=O)NC. The van der Waals surface area contributed by atoms with E-state index < -0.39 is 16.1 Å². The highest BCUT2D eigenvalue weighted by molar-refractivity contribution is 7.89. The Balaban J connectivity index is 3.81. The van der Waals surface area contributed by atoms with Gasteiger partial charge in [0, 0.05) is 6.54 Å². The van der Waals surface area contributed by atoms with Gasteiger partial charge in [0.25, 0.3) is 0 Å². The number of nitrogens with one attached hydrogen (secondary N) is 2. The number of sulfonamides is 1. The first-order valence-corrected chi connectivity index (χ1v) is 7.02. The fourth-order valence-corrected chi connectivity index (χ4v) is 1.67. The molecule has 0 aromatic rings. The lowest BCUT2D eigenvalue weighted by molar-refractivity contribution is -0.122. The molecule has 1 amide bonds. The van der Waals surface area contributed by atoms with Gasteiger partial charge in [-0.2, -0.15) is 0 Å². The molecule has 0 aliphatic heterocycles. The Morgan fingerprint density at radius 2 is 2.06 bits per heavy atom. The van der Waals surface area contributed by atoms with Gasteiger partial charge < -0.3 is 11.1 Å². The molecule has 0 radical (unpaired) electrons. The number of carbonyl (C=O) groups is 1. The summed E-state index contributed by atoms with van der Waals surface area (Å²) < 4.78 is 24.2. The van der Waals surface area contributed by atoms with E-state index in [1.165, 1.54) is 7.05 Å². The lowest BCUT2D eigenvalue weighted by Crippen LogP contribution is -2.42. The largest absolute Gasteiger partial charge is 0.354 e. The van der Waals surface area contributed by atoms with Gasteiger partial charge >= 0.3 is 0 Å². The van der Waals surface area contributed by atoms with E-state index in [0.717, 1.165) is 12.8 Å². The summed E-state index contributed by atoms with van der Waals surface area (Å²) in [7, 11) is -1.93. The quantitative estimate of drug-likeness (QED) is 0.524. The summed E-state index contributed by atoms with van der Waals surface area (Å²) in [5, 5.41) is 2.50. The van der Waals surface area contributed by atoms with Crippen molar-refractivity contribution in [3.8, 4) is 0 Å². The van der Waals surface area contributed by atoms with Crippen molar-refractivity contribution in [2.45, 2.75) is 32.2 Å². The van der Waals surface area contributed by atoms with Crippen LogP contribution in [0.1, 0.15) is 26.2 Å². The van der Waals surface area contributed by atoms with Crippen LogP contribution in [0.4, 0.5) is 0 Å². The van der Waals surface area contributed by atoms with Gasteiger partial charge in [-0.15, -0.1) is 0 Å². The second kappa shape index (κ2) is 7.59. The molecule has 0 unspecified atom stereocenters. The maximum absolute atomic E-state index is 11.4. The van der Waals surface area contributed by atoms with Crippen LogP contribution in [0.3, 0.4) is 0 Å². The predicted molar refractivity (Wildman–Crippen MR) is 63.4 cm³/mol. The van der Waals surface area contributed by atoms with Crippen molar-refractivity contribution in [1.82, 2.24) is 10.0 Å². The number of nitrogens with two attached hydrogens (primary N) is 1. The first-order chi connectivity index (χ1) is 7.43. The number of unbranched alkanes of at least 4 members (excludes halogenated alkanes) is 1. The first-order valence-electron chi connectivity index (χ1n) is 5.37. The van der Waals surface area contributed by atoms with E-state index in [4.69, 9.17) is 5.73 Å². The maximum Gasteiger partial charge on any atom is 0.236 e. The van der Waals surface area contributed by atoms with Crippen LogP contribution in [-0.2, 0) is 14.8 Å². The summed E-state index contributed by atoms with van der Waals surface area (Å²) >= 11 is 0. The Labute approximate surface area is 97.0 Å². The van der Waals surface area contributed by atoms with Crippen LogP contribution in [0, 0.1) is 0 Å². The Morgan fingerprint density at radius 3 is 2.56 bits per heavy atom. The number of hydrogen-bond donors (Lipinski definition) is 3. The Kier molecular flexibility index (Phi) is 7.27. The number of rotatable bonds is 8. The third-order valence-electron chi connectivity index (χ3n) is 2.19. The van der Waals surface area contributed by atoms with Crippen LogP contribution in [0.15, 0.2) is 0 Å². The zero-order valence-electron chi connectivity index (χ0n) is 9.82. The molecule has 0 aromatic carbocycles. The van der Waals surface area contributed by atoms with Gasteiger partial charge in [-0.05, 0) is 13.5 Å². The maximum atomic E-state index is 11.4. The zero-order chi connectivity index (χ0) is 12.6. The normalized spacial score (nSPS) is 13.4. The Hall–Kier alpha value is -0.660. The van der Waals surface area contributed by atoms with E-state index in [9.17, 15) is 13.2 Å². The van der Waals surface area contributed by atoms with Crippen LogP contribution in [0.25, 0.3) is 0 Å². The van der Waals surface area contributed by atoms with Crippen molar-refractivity contribution in [1.29, 1.82) is 0 Å². The minimum atomic E-state index is -3.26. The molecule has 0 aliphatic rings. The topological polar surface area (TPSA) is 101 Å². The summed E-state index contributed by atoms with van der Waals surface area (Å²) in [6, 6.07) is -0.544. The minimum Gasteiger partial charge on any atom is -0.354 e. The summed E-state index contributed by atoms with van der Waals surface area (Å²) in [6.07, 6.45) is 2.50. The van der Waals surface area contributed by atoms with Gasteiger partial charge in [-0.3, -0.25) is 4.79 Å². The first kappa shape index (κ1) is 15.3. The van der Waals surface area contributed by atoms with Gasteiger partial charge in [0.15, 0.2) is 0 Å². The molecule has 0 saturated heterocycles. The van der Waals surface area contributed by atoms with Crippen molar-refractivity contribution in [2.24, 2.45) is 5.73 Å². The molecule has 0 rings (SSSR count). The predicted octanol–water partition coefficient (Wildman–Crippen LogP) is -0.831. The van der Waals surface area contributed by atoms with Crippen molar-refractivity contribution >= 4 is 15.9 Å². The smallest absolute Gasteiger partial charge is 0.236 e. The third-order valence-corrected chi connectivity index (χ3v) is 3.55. The molecular formula is C9H21N3O3S. The summed E-state index contributed by atoms with van der Waals surface area (Å²) in [5.74, 6) is -0.421. The summed E-state index contributed by atoms with van der Waals surface area (Å²) in [5.41, 5.74) is 5.61. The van der Waals surface area contributed by atoms with E-state index in [2.05, 4.69) is 10.0 Å². The Bertz CT molecular complexity index is 303. The molecular weight excluding hydrogens is 230 g/mol. The lowest BCUT2D eigenvalue weighted by atomic mass is 10.1. The van der Waals surface area contributed by atoms with Crippen molar-refractivity contribution < 1.29 is 13.2 Å². The van der Waals surface area contributed by atoms with Crippen molar-refractivity contribution in [3.05, 3.63) is 0 Å². The van der Waals surface area contributed by atoms with E-state index in [0.29, 0.717) is 6.42 Å². The van der Waals surface area contributed by atoms with Gasteiger partial charge in [0.05, 0.1) is 11.8 Å². The zero-order valence-corrected chi connectivity index (χ0v) is 10.6. The molecule has 0 aliphatic carbocycles. The fourth-order valence-electron chi connectivity index (χ4n) is 1.10. The van der Waals surface area contributed by atoms with Gasteiger partial charge in [-0.1, -0.05) is 19.8 Å². The highest BCUT2D eigenvalue weighted by Crippen LogP contribution is 1.97. The third kappa shape index (κ3) is 6.76. The van der Waals surface area contributed by atoms with Gasteiger partial charge in [0.2, 0.25) is 15.9 Å². The molecule has 0 fully saturated rings. The highest BCUT2D eigenvalue weighted by atomic mass is 32.2. The summed E-state index contributed by atoms with van der Waals surface area (Å²) in [6.45, 7) is 2.10. The molecule has 4 N–H and O–H groups in total. The van der Waals surface area contributed by atoms with Crippen LogP contribution in [0.2, 0.25) is 0 Å². The molecule has 7 heteroatoms. The lowest BCUT2D eigenvalue weighted by Gasteiger charge is -2.11. The molecule has 0 heterocycles. The second-order valence-electron chi connectivity index (χ2n) is 3.56. The van der Waals surface area contributed by atoms with Crippen molar-refractivity contribution in [3.63, 3.8) is 0 Å². The van der Waals surface area contributed by atoms with Crippen LogP contribution in [0.5, 0.6) is 0 Å². The highest BCUT2D eigenvalue weighted by Gasteiger charge is 2.13. The number of hydrogen-bond acceptors (Lipinski definition) is 4. The molecule has 0 spiro atoms. The monoisotopic (exact) mass is 251 g/mol. The van der Waals surface area contributed by atoms with Gasteiger partial charge in [-0.25, -0.2) is 13.1 Å². The molecule has 1 atom stereocenters. The fraction of sp³-hybridized carbons (Fsp3) is 0.889. The standard InChI is InChI=1S/C9H21N3O3S/c1-3-4-5-8(10)9(13)12-6-7-16(14,15)11-2/h8,11H,3-7,10H2,1-2H3,(H,12,13)/t8-/m0/s1. The van der Waals surface area contributed by atoms with Crippen LogP contribution >= 0.6 is 0 Å². The molecule has 0 aromatic heterocycles. The average molecular weight is 251 g/mol. The van der Waals surface area contributed by atoms with Crippen LogP contribution < -0.4 is 15.8 Å². The molecule has 96 valence electrons. The summed E-state index contributed by atoms with van der Waals surface area (Å²) in [4.78, 5) is 11.4. The minimum absolute atomic E-state index is 0.0852. The van der Waals surface area contributed by atoms with E-state index in [-0.39, 0.29) is 18.2 Å². The van der Waals surface area contributed by atoms with Crippen LogP contribution in [-0.4, -0.2) is 39.7 Å². The van der Waals surface area contributed by atoms with E-state index in [1.807, 2.05) is 6.92 Å².